The van der Waals surface area contributed by atoms with Crippen LogP contribution in [0.5, 0.6) is 0 Å². The van der Waals surface area contributed by atoms with Gasteiger partial charge in [0, 0.05) is 12.3 Å². The maximum Gasteiger partial charge on any atom is 0.187 e. The Bertz CT molecular complexity index is 261. The predicted octanol–water partition coefficient (Wildman–Crippen LogP) is 2.20. The van der Waals surface area contributed by atoms with Gasteiger partial charge in [-0.05, 0) is 37.4 Å². The molecule has 0 aliphatic heterocycles. The number of nitrogens with zero attached hydrogens (tertiary/aromatic N) is 1. The van der Waals surface area contributed by atoms with Gasteiger partial charge in [-0.1, -0.05) is 19.4 Å². The molecule has 0 aromatic carbocycles. The summed E-state index contributed by atoms with van der Waals surface area (Å²) in [6, 6.07) is 0. The third-order valence-electron chi connectivity index (χ3n) is 2.67. The third kappa shape index (κ3) is 4.42. The Morgan fingerprint density at radius 2 is 2.53 bits per heavy atom. The Balaban J connectivity index is 2.26. The van der Waals surface area contributed by atoms with Gasteiger partial charge in [-0.2, -0.15) is 5.10 Å². The van der Waals surface area contributed by atoms with Gasteiger partial charge in [-0.15, -0.1) is 6.58 Å². The van der Waals surface area contributed by atoms with E-state index in [0.29, 0.717) is 11.7 Å². The molecule has 0 radical (unpaired) electrons. The van der Waals surface area contributed by atoms with Crippen LogP contribution >= 0.6 is 12.2 Å². The smallest absolute Gasteiger partial charge is 0.187 e. The lowest BCUT2D eigenvalue weighted by molar-refractivity contribution is 0.540. The lowest BCUT2D eigenvalue weighted by atomic mass is 10.1. The Hall–Kier alpha value is -0.900. The fraction of sp³-hybridized carbons (Fsp3) is 0.636. The zero-order valence-corrected chi connectivity index (χ0v) is 10.1. The summed E-state index contributed by atoms with van der Waals surface area (Å²) in [4.78, 5) is 0. The molecule has 1 saturated carbocycles. The fourth-order valence-electron chi connectivity index (χ4n) is 1.69. The molecule has 1 atom stereocenters. The van der Waals surface area contributed by atoms with Crippen molar-refractivity contribution in [2.75, 3.05) is 6.54 Å². The van der Waals surface area contributed by atoms with Crippen LogP contribution in [0, 0.1) is 5.92 Å². The van der Waals surface area contributed by atoms with Gasteiger partial charge in [0.05, 0.1) is 0 Å². The zero-order valence-electron chi connectivity index (χ0n) is 9.25. The van der Waals surface area contributed by atoms with E-state index in [1.807, 2.05) is 0 Å². The number of thiocarbonyl (C=S) groups is 1. The molecule has 1 aliphatic rings. The highest BCUT2D eigenvalue weighted by molar-refractivity contribution is 7.80. The van der Waals surface area contributed by atoms with Gasteiger partial charge < -0.3 is 5.32 Å². The minimum Gasteiger partial charge on any atom is -0.358 e. The number of rotatable bonds is 4. The quantitative estimate of drug-likeness (QED) is 0.437. The molecule has 1 fully saturated rings. The summed E-state index contributed by atoms with van der Waals surface area (Å²) in [6.07, 6.45) is 6.51. The van der Waals surface area contributed by atoms with Crippen molar-refractivity contribution in [2.45, 2.75) is 32.6 Å². The Morgan fingerprint density at radius 1 is 1.73 bits per heavy atom. The van der Waals surface area contributed by atoms with Crippen LogP contribution in [0.2, 0.25) is 0 Å². The molecule has 0 bridgehead atoms. The second kappa shape index (κ2) is 6.56. The molecule has 2 N–H and O–H groups in total. The minimum absolute atomic E-state index is 0.572. The highest BCUT2D eigenvalue weighted by atomic mass is 32.1. The van der Waals surface area contributed by atoms with Gasteiger partial charge in [0.2, 0.25) is 0 Å². The van der Waals surface area contributed by atoms with Crippen molar-refractivity contribution < 1.29 is 0 Å². The van der Waals surface area contributed by atoms with E-state index in [0.717, 1.165) is 18.8 Å². The molecule has 0 aromatic heterocycles. The molecule has 0 saturated heterocycles. The summed E-state index contributed by atoms with van der Waals surface area (Å²) < 4.78 is 0. The molecule has 1 aliphatic carbocycles. The molecule has 84 valence electrons. The van der Waals surface area contributed by atoms with Gasteiger partial charge in [0.1, 0.15) is 0 Å². The molecule has 1 unspecified atom stereocenters. The van der Waals surface area contributed by atoms with Crippen LogP contribution in [0.15, 0.2) is 17.8 Å². The average Bonchev–Trinajstić information content (AvgIpc) is 2.71. The molecule has 15 heavy (non-hydrogen) atoms. The summed E-state index contributed by atoms with van der Waals surface area (Å²) in [6.45, 7) is 6.51. The van der Waals surface area contributed by atoms with E-state index in [9.17, 15) is 0 Å². The van der Waals surface area contributed by atoms with Crippen LogP contribution in [0.1, 0.15) is 32.6 Å². The van der Waals surface area contributed by atoms with E-state index in [-0.39, 0.29) is 0 Å². The molecule has 0 aromatic rings. The first-order valence-corrected chi connectivity index (χ1v) is 5.87. The number of hydrazone groups is 1. The Labute approximate surface area is 97.0 Å². The van der Waals surface area contributed by atoms with Crippen LogP contribution in [-0.4, -0.2) is 17.4 Å². The maximum atomic E-state index is 5.03. The standard InChI is InChI=1S/C11H19N3S/c1-3-7-12-11(15)14-13-10-6-5-9(4-2)8-10/h3,9H,1,4-8H2,2H3,(H2,12,14,15). The summed E-state index contributed by atoms with van der Waals surface area (Å²) in [5.74, 6) is 0.820. The van der Waals surface area contributed by atoms with Gasteiger partial charge in [-0.25, -0.2) is 0 Å². The van der Waals surface area contributed by atoms with Crippen molar-refractivity contribution in [1.82, 2.24) is 10.7 Å². The van der Waals surface area contributed by atoms with Crippen LogP contribution in [0.25, 0.3) is 0 Å². The fourth-order valence-corrected chi connectivity index (χ4v) is 1.82. The summed E-state index contributed by atoms with van der Waals surface area (Å²) in [7, 11) is 0. The van der Waals surface area contributed by atoms with E-state index in [4.69, 9.17) is 12.2 Å². The average molecular weight is 225 g/mol. The van der Waals surface area contributed by atoms with Crippen molar-refractivity contribution in [3.8, 4) is 0 Å². The van der Waals surface area contributed by atoms with Crippen molar-refractivity contribution in [2.24, 2.45) is 11.0 Å². The maximum absolute atomic E-state index is 5.03. The second-order valence-electron chi connectivity index (χ2n) is 3.81. The molecular formula is C11H19N3S. The molecule has 4 heteroatoms. The van der Waals surface area contributed by atoms with Crippen molar-refractivity contribution in [3.05, 3.63) is 12.7 Å². The van der Waals surface area contributed by atoms with Gasteiger partial charge >= 0.3 is 0 Å². The summed E-state index contributed by atoms with van der Waals surface area (Å²) >= 11 is 5.03. The molecule has 0 amide bonds. The Morgan fingerprint density at radius 3 is 3.13 bits per heavy atom. The first-order chi connectivity index (χ1) is 7.26. The molecular weight excluding hydrogens is 206 g/mol. The largest absolute Gasteiger partial charge is 0.358 e. The van der Waals surface area contributed by atoms with Crippen molar-refractivity contribution >= 4 is 23.0 Å². The van der Waals surface area contributed by atoms with Gasteiger partial charge in [0.25, 0.3) is 0 Å². The molecule has 3 nitrogen and oxygen atoms in total. The number of hydrogen-bond acceptors (Lipinski definition) is 2. The lowest BCUT2D eigenvalue weighted by Gasteiger charge is -2.05. The topological polar surface area (TPSA) is 36.4 Å². The summed E-state index contributed by atoms with van der Waals surface area (Å²) in [5.41, 5.74) is 4.10. The van der Waals surface area contributed by atoms with Crippen LogP contribution in [0.4, 0.5) is 0 Å². The number of nitrogens with one attached hydrogen (secondary N) is 2. The monoisotopic (exact) mass is 225 g/mol. The number of hydrogen-bond donors (Lipinski definition) is 2. The second-order valence-corrected chi connectivity index (χ2v) is 4.21. The van der Waals surface area contributed by atoms with E-state index in [2.05, 4.69) is 29.3 Å². The predicted molar refractivity (Wildman–Crippen MR) is 69.0 cm³/mol. The van der Waals surface area contributed by atoms with Crippen LogP contribution in [-0.2, 0) is 0 Å². The van der Waals surface area contributed by atoms with E-state index in [1.165, 1.54) is 18.6 Å². The van der Waals surface area contributed by atoms with E-state index < -0.39 is 0 Å². The van der Waals surface area contributed by atoms with E-state index >= 15 is 0 Å². The lowest BCUT2D eigenvalue weighted by Crippen LogP contribution is -2.32. The minimum atomic E-state index is 0.572. The first kappa shape index (κ1) is 12.2. The first-order valence-electron chi connectivity index (χ1n) is 5.46. The SMILES string of the molecule is C=CCNC(=S)NN=C1CCC(CC)C1. The van der Waals surface area contributed by atoms with Crippen LogP contribution < -0.4 is 10.7 Å². The molecule has 0 spiro atoms. The van der Waals surface area contributed by atoms with Gasteiger partial charge in [-0.3, -0.25) is 5.43 Å². The molecule has 1 rings (SSSR count). The summed E-state index contributed by atoms with van der Waals surface area (Å²) in [5, 5.41) is 7.85. The third-order valence-corrected chi connectivity index (χ3v) is 2.90. The zero-order chi connectivity index (χ0) is 11.1. The van der Waals surface area contributed by atoms with Crippen molar-refractivity contribution in [3.63, 3.8) is 0 Å². The van der Waals surface area contributed by atoms with E-state index in [1.54, 1.807) is 6.08 Å². The molecule has 0 heterocycles. The van der Waals surface area contributed by atoms with Crippen molar-refractivity contribution in [1.29, 1.82) is 0 Å². The normalized spacial score (nSPS) is 22.7. The highest BCUT2D eigenvalue weighted by Gasteiger charge is 2.18. The van der Waals surface area contributed by atoms with Crippen LogP contribution in [0.3, 0.4) is 0 Å². The highest BCUT2D eigenvalue weighted by Crippen LogP contribution is 2.25. The Kier molecular flexibility index (Phi) is 5.32. The van der Waals surface area contributed by atoms with Gasteiger partial charge in [0.15, 0.2) is 5.11 Å².